The molecule has 1 aromatic heterocycles. The van der Waals surface area contributed by atoms with Crippen molar-refractivity contribution in [1.82, 2.24) is 15.3 Å². The first-order valence-electron chi connectivity index (χ1n) is 6.25. The Balaban J connectivity index is 2.32. The maximum absolute atomic E-state index is 14.0. The number of likely N-dealkylation sites (N-methyl/N-ethyl adjacent to an activating group) is 1. The predicted molar refractivity (Wildman–Crippen MR) is 76.2 cm³/mol. The van der Waals surface area contributed by atoms with E-state index in [9.17, 15) is 8.78 Å². The van der Waals surface area contributed by atoms with Crippen LogP contribution in [0.5, 0.6) is 0 Å². The van der Waals surface area contributed by atoms with E-state index in [4.69, 9.17) is 0 Å². The molecule has 0 aliphatic rings. The minimum Gasteiger partial charge on any atom is -0.309 e. The standard InChI is InChI=1S/C14H14BrF2N3/c1-2-19-12(13-8-18-5-6-20-13)7-9-11(16)4-3-10(15)14(9)17/h3-6,8,12,19H,2,7H2,1H3. The number of nitrogens with one attached hydrogen (secondary N) is 1. The predicted octanol–water partition coefficient (Wildman–Crippen LogP) is 3.41. The average Bonchev–Trinajstić information content (AvgIpc) is 2.47. The van der Waals surface area contributed by atoms with E-state index in [0.29, 0.717) is 12.2 Å². The zero-order chi connectivity index (χ0) is 14.5. The van der Waals surface area contributed by atoms with E-state index in [1.54, 1.807) is 18.6 Å². The second kappa shape index (κ2) is 6.85. The van der Waals surface area contributed by atoms with Crippen molar-refractivity contribution in [3.63, 3.8) is 0 Å². The summed E-state index contributed by atoms with van der Waals surface area (Å²) in [4.78, 5) is 8.19. The third-order valence-corrected chi connectivity index (χ3v) is 3.55. The van der Waals surface area contributed by atoms with Gasteiger partial charge in [-0.25, -0.2) is 8.78 Å². The molecule has 0 saturated carbocycles. The van der Waals surface area contributed by atoms with Gasteiger partial charge < -0.3 is 5.32 Å². The number of hydrogen-bond acceptors (Lipinski definition) is 3. The van der Waals surface area contributed by atoms with Crippen molar-refractivity contribution in [2.45, 2.75) is 19.4 Å². The van der Waals surface area contributed by atoms with E-state index < -0.39 is 11.6 Å². The molecule has 0 aliphatic heterocycles. The molecule has 0 amide bonds. The summed E-state index contributed by atoms with van der Waals surface area (Å²) < 4.78 is 28.1. The largest absolute Gasteiger partial charge is 0.309 e. The molecule has 0 fully saturated rings. The Morgan fingerprint density at radius 2 is 2.10 bits per heavy atom. The Labute approximate surface area is 124 Å². The summed E-state index contributed by atoms with van der Waals surface area (Å²) in [7, 11) is 0. The minimum absolute atomic E-state index is 0.0379. The highest BCUT2D eigenvalue weighted by Gasteiger charge is 2.19. The van der Waals surface area contributed by atoms with Crippen LogP contribution in [0.25, 0.3) is 0 Å². The van der Waals surface area contributed by atoms with E-state index in [1.807, 2.05) is 6.92 Å². The number of hydrogen-bond donors (Lipinski definition) is 1. The van der Waals surface area contributed by atoms with Gasteiger partial charge in [0.15, 0.2) is 0 Å². The molecule has 2 rings (SSSR count). The SMILES string of the molecule is CCNC(Cc1c(F)ccc(Br)c1F)c1cnccn1. The van der Waals surface area contributed by atoms with E-state index in [2.05, 4.69) is 31.2 Å². The fourth-order valence-corrected chi connectivity index (χ4v) is 2.35. The number of nitrogens with zero attached hydrogens (tertiary/aromatic N) is 2. The number of halogens is 3. The molecule has 0 saturated heterocycles. The van der Waals surface area contributed by atoms with Crippen molar-refractivity contribution in [2.24, 2.45) is 0 Å². The summed E-state index contributed by atoms with van der Waals surface area (Å²) in [6.07, 6.45) is 4.89. The van der Waals surface area contributed by atoms with Crippen molar-refractivity contribution < 1.29 is 8.78 Å². The molecular weight excluding hydrogens is 328 g/mol. The molecule has 20 heavy (non-hydrogen) atoms. The molecule has 1 N–H and O–H groups in total. The highest BCUT2D eigenvalue weighted by molar-refractivity contribution is 9.10. The van der Waals surface area contributed by atoms with Gasteiger partial charge in [-0.1, -0.05) is 6.92 Å². The molecule has 106 valence electrons. The van der Waals surface area contributed by atoms with Crippen LogP contribution in [-0.2, 0) is 6.42 Å². The summed E-state index contributed by atoms with van der Waals surface area (Å²) in [5.41, 5.74) is 0.698. The van der Waals surface area contributed by atoms with Gasteiger partial charge in [0, 0.05) is 24.2 Å². The van der Waals surface area contributed by atoms with E-state index >= 15 is 0 Å². The van der Waals surface area contributed by atoms with Crippen LogP contribution in [0.15, 0.2) is 35.2 Å². The van der Waals surface area contributed by atoms with E-state index in [1.165, 1.54) is 12.1 Å². The summed E-state index contributed by atoms with van der Waals surface area (Å²) in [5.74, 6) is -1.13. The quantitative estimate of drug-likeness (QED) is 0.847. The van der Waals surface area contributed by atoms with Crippen molar-refractivity contribution in [2.75, 3.05) is 6.54 Å². The van der Waals surface area contributed by atoms with Crippen LogP contribution >= 0.6 is 15.9 Å². The average molecular weight is 342 g/mol. The first kappa shape index (κ1) is 15.0. The minimum atomic E-state index is -0.572. The van der Waals surface area contributed by atoms with Gasteiger partial charge in [-0.2, -0.15) is 0 Å². The third kappa shape index (κ3) is 3.37. The lowest BCUT2D eigenvalue weighted by molar-refractivity contribution is 0.489. The maximum atomic E-state index is 14.0. The molecule has 0 radical (unpaired) electrons. The van der Waals surface area contributed by atoms with Gasteiger partial charge in [-0.05, 0) is 41.0 Å². The van der Waals surface area contributed by atoms with Crippen LogP contribution in [0, 0.1) is 11.6 Å². The second-order valence-electron chi connectivity index (χ2n) is 4.27. The zero-order valence-electron chi connectivity index (χ0n) is 10.9. The van der Waals surface area contributed by atoms with Crippen LogP contribution in [0.2, 0.25) is 0 Å². The van der Waals surface area contributed by atoms with Gasteiger partial charge in [0.1, 0.15) is 11.6 Å². The summed E-state index contributed by atoms with van der Waals surface area (Å²) >= 11 is 3.08. The molecule has 0 aliphatic carbocycles. The van der Waals surface area contributed by atoms with Crippen LogP contribution in [0.3, 0.4) is 0 Å². The number of benzene rings is 1. The highest BCUT2D eigenvalue weighted by atomic mass is 79.9. The molecule has 1 heterocycles. The molecule has 0 spiro atoms. The Morgan fingerprint density at radius 3 is 2.75 bits per heavy atom. The summed E-state index contributed by atoms with van der Waals surface area (Å²) in [5, 5.41) is 3.17. The monoisotopic (exact) mass is 341 g/mol. The van der Waals surface area contributed by atoms with Crippen LogP contribution in [0.1, 0.15) is 24.2 Å². The normalized spacial score (nSPS) is 12.4. The highest BCUT2D eigenvalue weighted by Crippen LogP contribution is 2.25. The van der Waals surface area contributed by atoms with Crippen LogP contribution < -0.4 is 5.32 Å². The molecule has 3 nitrogen and oxygen atoms in total. The van der Waals surface area contributed by atoms with E-state index in [0.717, 1.165) is 0 Å². The van der Waals surface area contributed by atoms with Crippen LogP contribution in [0.4, 0.5) is 8.78 Å². The Morgan fingerprint density at radius 1 is 1.30 bits per heavy atom. The first-order chi connectivity index (χ1) is 9.63. The Hall–Kier alpha value is -1.40. The smallest absolute Gasteiger partial charge is 0.143 e. The van der Waals surface area contributed by atoms with Gasteiger partial charge in [-0.15, -0.1) is 0 Å². The Kier molecular flexibility index (Phi) is 5.14. The van der Waals surface area contributed by atoms with Gasteiger partial charge in [0.25, 0.3) is 0 Å². The van der Waals surface area contributed by atoms with Crippen molar-refractivity contribution >= 4 is 15.9 Å². The summed E-state index contributed by atoms with van der Waals surface area (Å²) in [6, 6.07) is 2.33. The van der Waals surface area contributed by atoms with Gasteiger partial charge in [0.2, 0.25) is 0 Å². The van der Waals surface area contributed by atoms with Gasteiger partial charge in [-0.3, -0.25) is 9.97 Å². The lowest BCUT2D eigenvalue weighted by atomic mass is 10.0. The molecule has 1 aromatic carbocycles. The van der Waals surface area contributed by atoms with Gasteiger partial charge >= 0.3 is 0 Å². The molecule has 1 atom stereocenters. The van der Waals surface area contributed by atoms with Crippen LogP contribution in [-0.4, -0.2) is 16.5 Å². The summed E-state index contributed by atoms with van der Waals surface area (Å²) in [6.45, 7) is 2.59. The molecule has 0 bridgehead atoms. The number of aromatic nitrogens is 2. The fourth-order valence-electron chi connectivity index (χ4n) is 1.98. The second-order valence-corrected chi connectivity index (χ2v) is 5.12. The molecule has 2 aromatic rings. The fraction of sp³-hybridized carbons (Fsp3) is 0.286. The molecule has 1 unspecified atom stereocenters. The van der Waals surface area contributed by atoms with Gasteiger partial charge in [0.05, 0.1) is 16.2 Å². The third-order valence-electron chi connectivity index (χ3n) is 2.94. The maximum Gasteiger partial charge on any atom is 0.143 e. The topological polar surface area (TPSA) is 37.8 Å². The lowest BCUT2D eigenvalue weighted by Gasteiger charge is -2.18. The van der Waals surface area contributed by atoms with Crippen molar-refractivity contribution in [1.29, 1.82) is 0 Å². The Bertz CT molecular complexity index is 578. The molecular formula is C14H14BrF2N3. The first-order valence-corrected chi connectivity index (χ1v) is 7.04. The zero-order valence-corrected chi connectivity index (χ0v) is 12.5. The van der Waals surface area contributed by atoms with E-state index in [-0.39, 0.29) is 22.5 Å². The van der Waals surface area contributed by atoms with Crippen molar-refractivity contribution in [3.8, 4) is 0 Å². The lowest BCUT2D eigenvalue weighted by Crippen LogP contribution is -2.25. The van der Waals surface area contributed by atoms with Crippen molar-refractivity contribution in [3.05, 3.63) is 58.1 Å². The molecule has 6 heteroatoms. The number of rotatable bonds is 5.